The maximum atomic E-state index is 15.9. The van der Waals surface area contributed by atoms with Gasteiger partial charge in [0.15, 0.2) is 0 Å². The number of halogens is 4. The Labute approximate surface area is 605 Å². The van der Waals surface area contributed by atoms with Crippen LogP contribution in [0.25, 0.3) is 0 Å². The lowest BCUT2D eigenvalue weighted by Gasteiger charge is -2.43. The van der Waals surface area contributed by atoms with Crippen LogP contribution in [0.5, 0.6) is 0 Å². The maximum Gasteiger partial charge on any atom is 0.417 e. The van der Waals surface area contributed by atoms with E-state index < -0.39 is 173 Å². The fraction of sp³-hybridized carbons (Fsp3) is 0.757. The number of hydrogen-bond donors (Lipinski definition) is 3. The predicted octanol–water partition coefficient (Wildman–Crippen LogP) is 6.81. The lowest BCUT2D eigenvalue weighted by atomic mass is 9.81. The summed E-state index contributed by atoms with van der Waals surface area (Å²) < 4.78 is 41.7. The van der Waals surface area contributed by atoms with Gasteiger partial charge in [-0.1, -0.05) is 116 Å². The Bertz CT molecular complexity index is 3150. The van der Waals surface area contributed by atoms with Crippen molar-refractivity contribution in [3.63, 3.8) is 0 Å². The van der Waals surface area contributed by atoms with Crippen molar-refractivity contribution < 1.29 is 70.7 Å². The van der Waals surface area contributed by atoms with Gasteiger partial charge < -0.3 is 60.0 Å². The van der Waals surface area contributed by atoms with Gasteiger partial charge in [-0.2, -0.15) is 13.2 Å². The zero-order valence-corrected chi connectivity index (χ0v) is 62.9. The molecule has 3 N–H and O–H groups in total. The zero-order valence-electron chi connectivity index (χ0n) is 62.1. The molecule has 102 heavy (non-hydrogen) atoms. The summed E-state index contributed by atoms with van der Waals surface area (Å²) in [6.45, 7) is 8.22. The van der Waals surface area contributed by atoms with Crippen molar-refractivity contribution in [2.24, 2.45) is 23.7 Å². The molecule has 3 heterocycles. The Kier molecular flexibility index (Phi) is 29.9. The van der Waals surface area contributed by atoms with Crippen molar-refractivity contribution in [2.75, 3.05) is 88.1 Å². The number of hydrogen-bond acceptors (Lipinski definition) is 12. The van der Waals surface area contributed by atoms with Gasteiger partial charge in [0.05, 0.1) is 36.6 Å². The van der Waals surface area contributed by atoms with E-state index >= 15 is 33.6 Å². The molecule has 3 saturated carbocycles. The predicted molar refractivity (Wildman–Crippen MR) is 378 cm³/mol. The summed E-state index contributed by atoms with van der Waals surface area (Å²) in [7, 11) is 8.61. The Morgan fingerprint density at radius 2 is 1.24 bits per heavy atom. The van der Waals surface area contributed by atoms with Gasteiger partial charge in [-0.15, -0.1) is 0 Å². The Balaban J connectivity index is 1.30. The van der Waals surface area contributed by atoms with E-state index in [1.165, 1.54) is 72.9 Å². The number of benzene rings is 1. The smallest absolute Gasteiger partial charge is 0.343 e. The quantitative estimate of drug-likeness (QED) is 0.195. The number of nitrogens with one attached hydrogen (secondary N) is 3. The minimum absolute atomic E-state index is 0.00400. The van der Waals surface area contributed by atoms with Crippen molar-refractivity contribution in [3.8, 4) is 0 Å². The van der Waals surface area contributed by atoms with Crippen LogP contribution in [0.3, 0.4) is 0 Å². The van der Waals surface area contributed by atoms with Crippen molar-refractivity contribution in [1.82, 2.24) is 60.0 Å². The van der Waals surface area contributed by atoms with Crippen LogP contribution >= 0.6 is 11.6 Å². The Hall–Kier alpha value is -7.06. The topological polar surface area (TPSA) is 270 Å². The Morgan fingerprint density at radius 3 is 1.83 bits per heavy atom. The summed E-state index contributed by atoms with van der Waals surface area (Å²) in [6, 6.07) is -5.49. The molecule has 1 aromatic rings. The van der Waals surface area contributed by atoms with Crippen molar-refractivity contribution in [3.05, 3.63) is 34.3 Å². The van der Waals surface area contributed by atoms with Crippen LogP contribution in [0.15, 0.2) is 18.2 Å². The Morgan fingerprint density at radius 1 is 0.627 bits per heavy atom. The summed E-state index contributed by atoms with van der Waals surface area (Å²) in [5.41, 5.74) is -2.33. The molecule has 7 rings (SSSR count). The second-order valence-corrected chi connectivity index (χ2v) is 30.8. The second-order valence-electron chi connectivity index (χ2n) is 30.3. The standard InChI is InChI=1S/C74H114ClF3N12O12/c1-12-48(5)63-70(100)84(8)45-61(93)82(6)46-62(94)85(9)57(42-49-26-17-14-18-27-49)68(98)83(7)44-59(91)79-54(34-32-50-31-33-52(53(75)41-50)74(76,77)78)67(97)90-39-25-30-55(90)66(96)81-73(35-21-22-36-73)72(102)87(11)64(51-28-19-15-20-29-51)71(101)86(10)58(69(99)88-37-23-16-24-38-88)43-60(92)89(13-2)56(40-47(3)4)65(95)80-63/h31,33,41,47-49,51,54-58,63-64H,12-30,32,34-40,42-46H2,1-11H3,(H,79,91)(H,80,95)(H,81,96)/t48-,54-,55-,56-,57-,58-,63-,64-/m0/s1. The number of nitrogens with zero attached hydrogens (tertiary/aromatic N) is 9. The van der Waals surface area contributed by atoms with Gasteiger partial charge in [0.25, 0.3) is 0 Å². The van der Waals surface area contributed by atoms with Crippen molar-refractivity contribution in [2.45, 2.75) is 249 Å². The van der Waals surface area contributed by atoms with E-state index in [2.05, 4.69) is 16.0 Å². The summed E-state index contributed by atoms with van der Waals surface area (Å²) in [4.78, 5) is 192. The molecule has 0 aromatic heterocycles. The highest BCUT2D eigenvalue weighted by Gasteiger charge is 2.52. The zero-order chi connectivity index (χ0) is 75.1. The molecule has 1 spiro atoms. The molecule has 570 valence electrons. The first kappa shape index (κ1) is 82.2. The monoisotopic (exact) mass is 1450 g/mol. The van der Waals surface area contributed by atoms with Crippen LogP contribution in [0, 0.1) is 23.7 Å². The fourth-order valence-electron chi connectivity index (χ4n) is 16.2. The second kappa shape index (κ2) is 37.1. The number of likely N-dealkylation sites (N-methyl/N-ethyl adjacent to an activating group) is 7. The number of amides is 12. The normalized spacial score (nSPS) is 26.6. The molecule has 3 aliphatic heterocycles. The van der Waals surface area contributed by atoms with E-state index in [9.17, 15) is 37.1 Å². The lowest BCUT2D eigenvalue weighted by molar-refractivity contribution is -0.157. The first-order valence-electron chi connectivity index (χ1n) is 37.4. The van der Waals surface area contributed by atoms with Gasteiger partial charge in [0, 0.05) is 68.5 Å². The summed E-state index contributed by atoms with van der Waals surface area (Å²) in [6.07, 6.45) is 7.16. The van der Waals surface area contributed by atoms with Gasteiger partial charge in [-0.05, 0) is 132 Å². The van der Waals surface area contributed by atoms with Gasteiger partial charge in [-0.3, -0.25) is 57.5 Å². The van der Waals surface area contributed by atoms with Gasteiger partial charge in [-0.25, -0.2) is 0 Å². The third-order valence-corrected chi connectivity index (χ3v) is 22.8. The molecule has 0 unspecified atom stereocenters. The van der Waals surface area contributed by atoms with E-state index in [4.69, 9.17) is 11.6 Å². The molecule has 12 amide bonds. The maximum absolute atomic E-state index is 15.9. The minimum Gasteiger partial charge on any atom is -0.343 e. The third-order valence-electron chi connectivity index (χ3n) is 22.5. The first-order chi connectivity index (χ1) is 48.2. The average molecular weight is 1460 g/mol. The SMILES string of the molecule is CC[C@H](C)[C@@H]1NC(=O)[C@H](CC(C)C)N(CC)C(=O)C[C@@H](C(=O)N2CCCCC2)N(C)C(=O)[C@H](C2CCCCC2)N(C)C(=O)C2(CCCC2)NC(=O)[C@@H]2CCCN2C(=O)[C@H](CCc2ccc(C(F)(F)F)c(Cl)c2)NC(=O)CN(C)C(=O)[C@H](CC2CCCCC2)N(C)C(=O)CN(C)C(=O)CN(C)C1=O. The summed E-state index contributed by atoms with van der Waals surface area (Å²) in [5, 5.41) is 8.24. The highest BCUT2D eigenvalue weighted by Crippen LogP contribution is 2.39. The van der Waals surface area contributed by atoms with E-state index in [0.29, 0.717) is 70.0 Å². The van der Waals surface area contributed by atoms with Crippen LogP contribution in [-0.2, 0) is 70.1 Å². The molecule has 24 nitrogen and oxygen atoms in total. The number of aryl methyl sites for hydroxylation is 1. The lowest BCUT2D eigenvalue weighted by Crippen LogP contribution is -2.65. The van der Waals surface area contributed by atoms with Gasteiger partial charge >= 0.3 is 6.18 Å². The molecule has 0 bridgehead atoms. The fourth-order valence-corrected chi connectivity index (χ4v) is 16.5. The molecular formula is C74H114ClF3N12O12. The highest BCUT2D eigenvalue weighted by molar-refractivity contribution is 6.31. The van der Waals surface area contributed by atoms with Crippen LogP contribution in [0.4, 0.5) is 13.2 Å². The molecule has 8 atom stereocenters. The van der Waals surface area contributed by atoms with E-state index in [-0.39, 0.29) is 69.9 Å². The highest BCUT2D eigenvalue weighted by atomic mass is 35.5. The van der Waals surface area contributed by atoms with Gasteiger partial charge in [0.1, 0.15) is 47.8 Å². The number of fused-ring (bicyclic) bond motifs is 1. The molecule has 1 aromatic carbocycles. The molecule has 3 saturated heterocycles. The van der Waals surface area contributed by atoms with Crippen LogP contribution < -0.4 is 16.0 Å². The molecule has 3 aliphatic carbocycles. The van der Waals surface area contributed by atoms with Crippen molar-refractivity contribution >= 4 is 82.5 Å². The first-order valence-corrected chi connectivity index (χ1v) is 37.8. The summed E-state index contributed by atoms with van der Waals surface area (Å²) in [5.74, 6) is -8.60. The third kappa shape index (κ3) is 20.7. The van der Waals surface area contributed by atoms with E-state index in [0.717, 1.165) is 84.6 Å². The largest absolute Gasteiger partial charge is 0.417 e. The van der Waals surface area contributed by atoms with Crippen LogP contribution in [0.2, 0.25) is 5.02 Å². The molecular weight excluding hydrogens is 1340 g/mol. The van der Waals surface area contributed by atoms with E-state index in [1.807, 2.05) is 20.8 Å². The van der Waals surface area contributed by atoms with Crippen molar-refractivity contribution in [1.29, 1.82) is 0 Å². The number of piperidine rings is 1. The number of carbonyl (C=O) groups is 12. The molecule has 6 fully saturated rings. The van der Waals surface area contributed by atoms with Gasteiger partial charge in [0.2, 0.25) is 70.9 Å². The number of rotatable bonds is 12. The molecule has 28 heteroatoms. The average Bonchev–Trinajstić information content (AvgIpc) is 1.45. The number of alkyl halides is 3. The van der Waals surface area contributed by atoms with E-state index in [1.54, 1.807) is 18.7 Å². The molecule has 0 radical (unpaired) electrons. The number of carbonyl (C=O) groups excluding carboxylic acids is 12. The summed E-state index contributed by atoms with van der Waals surface area (Å²) >= 11 is 6.17. The van der Waals surface area contributed by atoms with Crippen LogP contribution in [-0.4, -0.2) is 251 Å². The molecule has 6 aliphatic rings. The number of likely N-dealkylation sites (tertiary alicyclic amines) is 1. The minimum atomic E-state index is -4.76. The van der Waals surface area contributed by atoms with Crippen LogP contribution in [0.1, 0.15) is 200 Å².